The fraction of sp³-hybridized carbons (Fsp3) is 0.519. The van der Waals surface area contributed by atoms with Crippen molar-refractivity contribution >= 4 is 5.97 Å². The SMILES string of the molecule is CCCC1CCC(c2ccc(C(C)c3ccc4c(c3F)OC(=O)C(C)C4)c(F)c2F)CC1. The van der Waals surface area contributed by atoms with Crippen molar-refractivity contribution in [1.29, 1.82) is 0 Å². The Morgan fingerprint density at radius 3 is 2.31 bits per heavy atom. The third kappa shape index (κ3) is 4.18. The molecule has 2 aromatic rings. The summed E-state index contributed by atoms with van der Waals surface area (Å²) in [6.07, 6.45) is 6.60. The first-order chi connectivity index (χ1) is 15.3. The molecular weight excluding hydrogens is 413 g/mol. The predicted octanol–water partition coefficient (Wildman–Crippen LogP) is 7.43. The molecule has 1 heterocycles. The standard InChI is InChI=1S/C27H31F3O2/c1-4-5-17-6-8-18(9-7-17)22-13-12-20(23(28)24(22)29)16(3)21-11-10-19-14-15(2)27(31)32-26(19)25(21)30/h10-13,15-18H,4-9,14H2,1-3H3. The molecule has 2 aliphatic rings. The molecule has 0 saturated heterocycles. The largest absolute Gasteiger partial charge is 0.423 e. The topological polar surface area (TPSA) is 26.3 Å². The van der Waals surface area contributed by atoms with E-state index < -0.39 is 29.3 Å². The van der Waals surface area contributed by atoms with Gasteiger partial charge in [0, 0.05) is 5.92 Å². The molecule has 32 heavy (non-hydrogen) atoms. The second-order valence-electron chi connectivity index (χ2n) is 9.58. The predicted molar refractivity (Wildman–Crippen MR) is 118 cm³/mol. The minimum Gasteiger partial charge on any atom is -0.423 e. The average Bonchev–Trinajstić information content (AvgIpc) is 2.78. The summed E-state index contributed by atoms with van der Waals surface area (Å²) in [4.78, 5) is 11.9. The maximum atomic E-state index is 15.2. The number of carbonyl (C=O) groups is 1. The van der Waals surface area contributed by atoms with Gasteiger partial charge in [-0.15, -0.1) is 0 Å². The molecule has 1 aliphatic carbocycles. The van der Waals surface area contributed by atoms with Gasteiger partial charge >= 0.3 is 5.97 Å². The third-order valence-electron chi connectivity index (χ3n) is 7.40. The first-order valence-electron chi connectivity index (χ1n) is 11.8. The zero-order valence-electron chi connectivity index (χ0n) is 19.0. The third-order valence-corrected chi connectivity index (χ3v) is 7.40. The van der Waals surface area contributed by atoms with E-state index in [0.717, 1.165) is 32.1 Å². The van der Waals surface area contributed by atoms with Crippen LogP contribution in [0.4, 0.5) is 13.2 Å². The maximum Gasteiger partial charge on any atom is 0.314 e. The molecule has 4 rings (SSSR count). The van der Waals surface area contributed by atoms with Crippen molar-refractivity contribution in [1.82, 2.24) is 0 Å². The summed E-state index contributed by atoms with van der Waals surface area (Å²) < 4.78 is 50.6. The number of hydrogen-bond donors (Lipinski definition) is 0. The molecule has 0 aromatic heterocycles. The molecule has 2 nitrogen and oxygen atoms in total. The number of esters is 1. The smallest absolute Gasteiger partial charge is 0.314 e. The molecule has 2 atom stereocenters. The summed E-state index contributed by atoms with van der Waals surface area (Å²) in [5.74, 6) is -3.29. The fourth-order valence-electron chi connectivity index (χ4n) is 5.40. The van der Waals surface area contributed by atoms with Crippen LogP contribution in [0, 0.1) is 29.3 Å². The highest BCUT2D eigenvalue weighted by Crippen LogP contribution is 2.41. The number of ether oxygens (including phenoxy) is 1. The lowest BCUT2D eigenvalue weighted by Gasteiger charge is -2.29. The van der Waals surface area contributed by atoms with Crippen LogP contribution in [0.5, 0.6) is 5.75 Å². The van der Waals surface area contributed by atoms with Gasteiger partial charge in [-0.2, -0.15) is 0 Å². The Hall–Kier alpha value is -2.30. The van der Waals surface area contributed by atoms with E-state index in [1.54, 1.807) is 38.1 Å². The summed E-state index contributed by atoms with van der Waals surface area (Å²) in [5, 5.41) is 0. The minimum atomic E-state index is -0.909. The number of halogens is 3. The zero-order chi connectivity index (χ0) is 23.0. The number of carbonyl (C=O) groups excluding carboxylic acids is 1. The van der Waals surface area contributed by atoms with E-state index in [2.05, 4.69) is 6.92 Å². The van der Waals surface area contributed by atoms with E-state index in [1.165, 1.54) is 6.42 Å². The van der Waals surface area contributed by atoms with Crippen molar-refractivity contribution in [3.05, 3.63) is 64.0 Å². The van der Waals surface area contributed by atoms with Gasteiger partial charge in [-0.3, -0.25) is 4.79 Å². The Morgan fingerprint density at radius 2 is 1.62 bits per heavy atom. The summed E-state index contributed by atoms with van der Waals surface area (Å²) in [5.41, 5.74) is 1.35. The molecule has 0 spiro atoms. The molecule has 2 aromatic carbocycles. The highest BCUT2D eigenvalue weighted by atomic mass is 19.2. The van der Waals surface area contributed by atoms with E-state index in [4.69, 9.17) is 4.74 Å². The van der Waals surface area contributed by atoms with Gasteiger partial charge in [-0.05, 0) is 66.2 Å². The molecule has 2 unspecified atom stereocenters. The van der Waals surface area contributed by atoms with Crippen molar-refractivity contribution in [3.63, 3.8) is 0 Å². The molecule has 172 valence electrons. The van der Waals surface area contributed by atoms with Crippen molar-refractivity contribution < 1.29 is 22.7 Å². The van der Waals surface area contributed by atoms with Gasteiger partial charge in [0.15, 0.2) is 23.2 Å². The van der Waals surface area contributed by atoms with Gasteiger partial charge in [0.25, 0.3) is 0 Å². The molecule has 1 aliphatic heterocycles. The lowest BCUT2D eigenvalue weighted by molar-refractivity contribution is -0.139. The van der Waals surface area contributed by atoms with Crippen LogP contribution in [-0.2, 0) is 11.2 Å². The Kier molecular flexibility index (Phi) is 6.64. The van der Waals surface area contributed by atoms with Gasteiger partial charge in [0.2, 0.25) is 0 Å². The van der Waals surface area contributed by atoms with Crippen LogP contribution in [0.1, 0.15) is 93.4 Å². The molecular formula is C27H31F3O2. The zero-order valence-corrected chi connectivity index (χ0v) is 19.0. The first-order valence-corrected chi connectivity index (χ1v) is 11.8. The number of fused-ring (bicyclic) bond motifs is 1. The number of hydrogen-bond acceptors (Lipinski definition) is 2. The lowest BCUT2D eigenvalue weighted by Crippen LogP contribution is -2.26. The number of rotatable bonds is 5. The van der Waals surface area contributed by atoms with Crippen LogP contribution in [0.3, 0.4) is 0 Å². The Balaban J connectivity index is 1.59. The van der Waals surface area contributed by atoms with Gasteiger partial charge in [-0.1, -0.05) is 57.9 Å². The molecule has 1 saturated carbocycles. The Bertz CT molecular complexity index is 1010. The van der Waals surface area contributed by atoms with Gasteiger partial charge < -0.3 is 4.74 Å². The Labute approximate surface area is 188 Å². The highest BCUT2D eigenvalue weighted by Gasteiger charge is 2.31. The van der Waals surface area contributed by atoms with Crippen LogP contribution in [0.15, 0.2) is 24.3 Å². The summed E-state index contributed by atoms with van der Waals surface area (Å²) in [7, 11) is 0. The van der Waals surface area contributed by atoms with Gasteiger partial charge in [-0.25, -0.2) is 13.2 Å². The summed E-state index contributed by atoms with van der Waals surface area (Å²) in [6.45, 7) is 5.55. The van der Waals surface area contributed by atoms with Crippen LogP contribution in [0.2, 0.25) is 0 Å². The van der Waals surface area contributed by atoms with E-state index in [1.807, 2.05) is 0 Å². The highest BCUT2D eigenvalue weighted by molar-refractivity contribution is 5.78. The van der Waals surface area contributed by atoms with Crippen LogP contribution < -0.4 is 4.74 Å². The van der Waals surface area contributed by atoms with Crippen LogP contribution in [-0.4, -0.2) is 5.97 Å². The molecule has 5 heteroatoms. The van der Waals surface area contributed by atoms with Gasteiger partial charge in [0.05, 0.1) is 5.92 Å². The Morgan fingerprint density at radius 1 is 0.969 bits per heavy atom. The second-order valence-corrected chi connectivity index (χ2v) is 9.58. The van der Waals surface area contributed by atoms with E-state index in [-0.39, 0.29) is 28.7 Å². The molecule has 0 radical (unpaired) electrons. The van der Waals surface area contributed by atoms with E-state index in [9.17, 15) is 4.79 Å². The summed E-state index contributed by atoms with van der Waals surface area (Å²) in [6, 6.07) is 6.56. The molecule has 0 bridgehead atoms. The quantitative estimate of drug-likeness (QED) is 0.354. The lowest BCUT2D eigenvalue weighted by atomic mass is 9.76. The number of benzene rings is 2. The van der Waals surface area contributed by atoms with Gasteiger partial charge in [0.1, 0.15) is 0 Å². The molecule has 1 fully saturated rings. The van der Waals surface area contributed by atoms with Crippen molar-refractivity contribution in [2.75, 3.05) is 0 Å². The normalized spacial score (nSPS) is 24.1. The van der Waals surface area contributed by atoms with Crippen molar-refractivity contribution in [2.24, 2.45) is 11.8 Å². The molecule has 0 N–H and O–H groups in total. The molecule has 0 amide bonds. The summed E-state index contributed by atoms with van der Waals surface area (Å²) >= 11 is 0. The van der Waals surface area contributed by atoms with Crippen molar-refractivity contribution in [2.45, 2.75) is 77.6 Å². The van der Waals surface area contributed by atoms with Crippen LogP contribution >= 0.6 is 0 Å². The second kappa shape index (κ2) is 9.29. The first kappa shape index (κ1) is 22.9. The van der Waals surface area contributed by atoms with E-state index in [0.29, 0.717) is 23.5 Å². The van der Waals surface area contributed by atoms with Crippen molar-refractivity contribution in [3.8, 4) is 5.75 Å². The monoisotopic (exact) mass is 444 g/mol. The minimum absolute atomic E-state index is 0.0313. The van der Waals surface area contributed by atoms with Crippen LogP contribution in [0.25, 0.3) is 0 Å². The maximum absolute atomic E-state index is 15.2. The average molecular weight is 445 g/mol. The fourth-order valence-corrected chi connectivity index (χ4v) is 5.40. The van der Waals surface area contributed by atoms with E-state index >= 15 is 13.2 Å².